The number of hydrogen-bond acceptors (Lipinski definition) is 6. The molecule has 4 heterocycles. The molecule has 0 atom stereocenters. The number of aromatic nitrogens is 7. The molecule has 4 aromatic heterocycles. The average molecular weight is 301 g/mol. The van der Waals surface area contributed by atoms with Gasteiger partial charge in [0, 0.05) is 30.4 Å². The Balaban J connectivity index is 1.80. The summed E-state index contributed by atoms with van der Waals surface area (Å²) in [4.78, 5) is 17.2. The van der Waals surface area contributed by atoms with Crippen LogP contribution in [0.1, 0.15) is 0 Å². The molecule has 7 nitrogen and oxygen atoms in total. The monoisotopic (exact) mass is 301 g/mol. The molecule has 4 aromatic rings. The van der Waals surface area contributed by atoms with E-state index >= 15 is 0 Å². The number of nitrogens with one attached hydrogen (secondary N) is 1. The first-order chi connectivity index (χ1) is 11.4. The number of H-pyrrole nitrogens is 1. The third-order valence-electron chi connectivity index (χ3n) is 3.27. The highest BCUT2D eigenvalue weighted by atomic mass is 15.3. The first kappa shape index (κ1) is 13.2. The summed E-state index contributed by atoms with van der Waals surface area (Å²) >= 11 is 0. The van der Waals surface area contributed by atoms with Crippen LogP contribution in [0, 0.1) is 0 Å². The maximum Gasteiger partial charge on any atom is 0.178 e. The van der Waals surface area contributed by atoms with Gasteiger partial charge in [-0.15, -0.1) is 0 Å². The van der Waals surface area contributed by atoms with E-state index in [0.717, 1.165) is 5.56 Å². The van der Waals surface area contributed by atoms with Gasteiger partial charge in [-0.25, -0.2) is 15.0 Å². The minimum Gasteiger partial charge on any atom is -0.264 e. The standard InChI is InChI=1S/C16H11N7/c1-5-12(20-13(6-1)16-18-8-3-9-19-16)15-14(21-23-22-15)11-4-2-7-17-10-11/h1-10H,(H,21,22,23). The molecule has 0 radical (unpaired) electrons. The second-order valence-corrected chi connectivity index (χ2v) is 4.74. The van der Waals surface area contributed by atoms with Crippen LogP contribution >= 0.6 is 0 Å². The molecule has 0 saturated carbocycles. The summed E-state index contributed by atoms with van der Waals surface area (Å²) in [5, 5.41) is 11.1. The zero-order valence-corrected chi connectivity index (χ0v) is 12.0. The van der Waals surface area contributed by atoms with E-state index in [-0.39, 0.29) is 0 Å². The van der Waals surface area contributed by atoms with E-state index in [1.54, 1.807) is 30.9 Å². The van der Waals surface area contributed by atoms with E-state index in [1.165, 1.54) is 0 Å². The third kappa shape index (κ3) is 2.55. The van der Waals surface area contributed by atoms with Gasteiger partial charge in [-0.05, 0) is 30.3 Å². The molecule has 4 rings (SSSR count). The summed E-state index contributed by atoms with van der Waals surface area (Å²) in [6, 6.07) is 11.2. The topological polar surface area (TPSA) is 93.1 Å². The van der Waals surface area contributed by atoms with Crippen LogP contribution in [-0.4, -0.2) is 35.3 Å². The molecule has 0 amide bonds. The molecular weight excluding hydrogens is 290 g/mol. The third-order valence-corrected chi connectivity index (χ3v) is 3.27. The van der Waals surface area contributed by atoms with Gasteiger partial charge in [0.2, 0.25) is 0 Å². The fourth-order valence-electron chi connectivity index (χ4n) is 2.24. The van der Waals surface area contributed by atoms with Crippen molar-refractivity contribution >= 4 is 0 Å². The van der Waals surface area contributed by atoms with Crippen LogP contribution in [0.15, 0.2) is 61.2 Å². The fraction of sp³-hybridized carbons (Fsp3) is 0. The molecule has 0 saturated heterocycles. The Hall–Kier alpha value is -3.48. The lowest BCUT2D eigenvalue weighted by Gasteiger charge is -2.03. The van der Waals surface area contributed by atoms with Crippen LogP contribution < -0.4 is 0 Å². The Morgan fingerprint density at radius 1 is 0.739 bits per heavy atom. The summed E-state index contributed by atoms with van der Waals surface area (Å²) in [7, 11) is 0. The van der Waals surface area contributed by atoms with Crippen molar-refractivity contribution in [2.24, 2.45) is 0 Å². The van der Waals surface area contributed by atoms with Gasteiger partial charge in [-0.3, -0.25) is 4.98 Å². The quantitative estimate of drug-likeness (QED) is 0.624. The molecule has 110 valence electrons. The van der Waals surface area contributed by atoms with Crippen molar-refractivity contribution < 1.29 is 0 Å². The lowest BCUT2D eigenvalue weighted by molar-refractivity contribution is 0.942. The molecule has 7 heteroatoms. The van der Waals surface area contributed by atoms with Crippen molar-refractivity contribution in [3.63, 3.8) is 0 Å². The van der Waals surface area contributed by atoms with Gasteiger partial charge in [-0.2, -0.15) is 15.4 Å². The Morgan fingerprint density at radius 3 is 2.39 bits per heavy atom. The SMILES string of the molecule is c1cnc(-c2cccc(-c3n[nH]nc3-c3cccnc3)n2)nc1. The highest BCUT2D eigenvalue weighted by Crippen LogP contribution is 2.27. The summed E-state index contributed by atoms with van der Waals surface area (Å²) in [5.41, 5.74) is 3.62. The largest absolute Gasteiger partial charge is 0.264 e. The summed E-state index contributed by atoms with van der Waals surface area (Å²) < 4.78 is 0. The van der Waals surface area contributed by atoms with Gasteiger partial charge in [0.25, 0.3) is 0 Å². The lowest BCUT2D eigenvalue weighted by Crippen LogP contribution is -1.93. The van der Waals surface area contributed by atoms with Crippen molar-refractivity contribution in [2.75, 3.05) is 0 Å². The maximum absolute atomic E-state index is 4.60. The van der Waals surface area contributed by atoms with E-state index in [2.05, 4.69) is 35.3 Å². The van der Waals surface area contributed by atoms with Crippen LogP contribution in [0.5, 0.6) is 0 Å². The molecule has 1 N–H and O–H groups in total. The van der Waals surface area contributed by atoms with Gasteiger partial charge in [-0.1, -0.05) is 6.07 Å². The Kier molecular flexibility index (Phi) is 3.28. The van der Waals surface area contributed by atoms with Gasteiger partial charge in [0.15, 0.2) is 5.82 Å². The van der Waals surface area contributed by atoms with Crippen LogP contribution in [0.2, 0.25) is 0 Å². The van der Waals surface area contributed by atoms with Gasteiger partial charge >= 0.3 is 0 Å². The molecular formula is C16H11N7. The number of nitrogens with zero attached hydrogens (tertiary/aromatic N) is 6. The Labute approximate surface area is 131 Å². The number of pyridine rings is 2. The van der Waals surface area contributed by atoms with Crippen molar-refractivity contribution in [1.82, 2.24) is 35.3 Å². The Bertz CT molecular complexity index is 919. The van der Waals surface area contributed by atoms with Crippen LogP contribution in [0.3, 0.4) is 0 Å². The molecule has 0 aliphatic heterocycles. The second-order valence-electron chi connectivity index (χ2n) is 4.74. The molecule has 0 spiro atoms. The highest BCUT2D eigenvalue weighted by Gasteiger charge is 2.14. The fourth-order valence-corrected chi connectivity index (χ4v) is 2.24. The van der Waals surface area contributed by atoms with E-state index in [4.69, 9.17) is 0 Å². The second kappa shape index (κ2) is 5.72. The van der Waals surface area contributed by atoms with Gasteiger partial charge in [0.1, 0.15) is 17.1 Å². The van der Waals surface area contributed by atoms with E-state index in [1.807, 2.05) is 30.3 Å². The van der Waals surface area contributed by atoms with Crippen LogP contribution in [0.4, 0.5) is 0 Å². The van der Waals surface area contributed by atoms with Crippen molar-refractivity contribution in [3.8, 4) is 34.2 Å². The highest BCUT2D eigenvalue weighted by molar-refractivity contribution is 5.75. The molecule has 0 aromatic carbocycles. The van der Waals surface area contributed by atoms with Gasteiger partial charge in [0.05, 0.1) is 5.69 Å². The first-order valence-corrected chi connectivity index (χ1v) is 6.98. The molecule has 0 unspecified atom stereocenters. The summed E-state index contributed by atoms with van der Waals surface area (Å²) in [5.74, 6) is 0.570. The molecule has 0 aliphatic carbocycles. The summed E-state index contributed by atoms with van der Waals surface area (Å²) in [6.45, 7) is 0. The zero-order chi connectivity index (χ0) is 15.5. The van der Waals surface area contributed by atoms with E-state index in [9.17, 15) is 0 Å². The smallest absolute Gasteiger partial charge is 0.178 e. The lowest BCUT2D eigenvalue weighted by atomic mass is 10.1. The van der Waals surface area contributed by atoms with Gasteiger partial charge < -0.3 is 0 Å². The minimum absolute atomic E-state index is 0.570. The first-order valence-electron chi connectivity index (χ1n) is 6.98. The predicted octanol–water partition coefficient (Wildman–Crippen LogP) is 2.39. The predicted molar refractivity (Wildman–Crippen MR) is 83.9 cm³/mol. The minimum atomic E-state index is 0.570. The van der Waals surface area contributed by atoms with E-state index in [0.29, 0.717) is 28.6 Å². The van der Waals surface area contributed by atoms with E-state index < -0.39 is 0 Å². The number of hydrogen-bond donors (Lipinski definition) is 1. The van der Waals surface area contributed by atoms with Crippen molar-refractivity contribution in [3.05, 3.63) is 61.2 Å². The Morgan fingerprint density at radius 2 is 1.57 bits per heavy atom. The van der Waals surface area contributed by atoms with Crippen molar-refractivity contribution in [1.29, 1.82) is 0 Å². The normalized spacial score (nSPS) is 10.6. The molecule has 0 bridgehead atoms. The summed E-state index contributed by atoms with van der Waals surface area (Å²) in [6.07, 6.45) is 6.84. The van der Waals surface area contributed by atoms with Crippen LogP contribution in [0.25, 0.3) is 34.2 Å². The van der Waals surface area contributed by atoms with Crippen molar-refractivity contribution in [2.45, 2.75) is 0 Å². The molecule has 23 heavy (non-hydrogen) atoms. The van der Waals surface area contributed by atoms with Crippen LogP contribution in [-0.2, 0) is 0 Å². The molecule has 0 fully saturated rings. The zero-order valence-electron chi connectivity index (χ0n) is 12.0. The number of aromatic amines is 1. The number of rotatable bonds is 3. The maximum atomic E-state index is 4.60. The molecule has 0 aliphatic rings. The average Bonchev–Trinajstić information content (AvgIpc) is 3.13.